The van der Waals surface area contributed by atoms with Gasteiger partial charge in [0.2, 0.25) is 0 Å². The Labute approximate surface area is 283 Å². The van der Waals surface area contributed by atoms with E-state index in [1.165, 1.54) is 21.6 Å². The molecular weight excluding hydrogens is 711 g/mol. The molecule has 252 valence electrons. The Balaban J connectivity index is 1.99. The predicted octanol–water partition coefficient (Wildman–Crippen LogP) is 9.27. The molecule has 5 nitrogen and oxygen atoms in total. The van der Waals surface area contributed by atoms with Crippen LogP contribution in [0.3, 0.4) is 0 Å². The summed E-state index contributed by atoms with van der Waals surface area (Å²) in [6, 6.07) is 9.19. The van der Waals surface area contributed by atoms with Gasteiger partial charge in [0.15, 0.2) is 0 Å². The van der Waals surface area contributed by atoms with Crippen LogP contribution in [-0.4, -0.2) is 87.0 Å². The Morgan fingerprint density at radius 3 is 2.34 bits per heavy atom. The summed E-state index contributed by atoms with van der Waals surface area (Å²) in [4.78, 5) is 7.19. The van der Waals surface area contributed by atoms with E-state index in [1.807, 2.05) is 47.8 Å². The van der Waals surface area contributed by atoms with Crippen molar-refractivity contribution in [1.29, 1.82) is 0 Å². The van der Waals surface area contributed by atoms with E-state index < -0.39 is 32.6 Å². The molecule has 0 radical (unpaired) electrons. The summed E-state index contributed by atoms with van der Waals surface area (Å²) in [6.45, 7) is 19.0. The van der Waals surface area contributed by atoms with Crippen LogP contribution in [0.15, 0.2) is 46.1 Å². The van der Waals surface area contributed by atoms with Crippen molar-refractivity contribution in [3.8, 4) is 5.75 Å². The zero-order chi connectivity index (χ0) is 32.8. The molecule has 3 atom stereocenters. The Hall–Kier alpha value is 0.0556. The fourth-order valence-electron chi connectivity index (χ4n) is 5.23. The average Bonchev–Trinajstić information content (AvgIpc) is 2.96. The molecule has 1 saturated heterocycles. The number of aliphatic hydroxyl groups excluding tert-OH is 1. The van der Waals surface area contributed by atoms with Gasteiger partial charge in [-0.25, -0.2) is 0 Å². The van der Waals surface area contributed by atoms with Gasteiger partial charge < -0.3 is 4.74 Å². The van der Waals surface area contributed by atoms with Crippen LogP contribution in [0.25, 0.3) is 0 Å². The Kier molecular flexibility index (Phi) is 18.1. The first-order valence-corrected chi connectivity index (χ1v) is 32.0. The standard InChI is InChI=1S/C32H53O5S2Si.3CH3.Sn/c1-8-29(24-36-23-28-13-15-30(34-4)16-14-28)31(33)32(38-18-10-19-39-32)21-26(2)11-9-12-27(3)22-37-25-35-17-20-40(5,6)7;;;;/h12-16,26,29,31,33H,1,9-11,17-25H2,2-7H3;3*1H3;/b27-12+;;;;/t26-,29-,31+;;;;/m0..../s1. The molecule has 0 saturated carbocycles. The van der Waals surface area contributed by atoms with Crippen molar-refractivity contribution >= 4 is 50.0 Å². The van der Waals surface area contributed by atoms with E-state index in [9.17, 15) is 5.11 Å². The molecule has 0 unspecified atom stereocenters. The molecule has 1 heterocycles. The van der Waals surface area contributed by atoms with Gasteiger partial charge in [0.25, 0.3) is 0 Å². The van der Waals surface area contributed by atoms with Gasteiger partial charge in [-0.05, 0) is 6.04 Å². The van der Waals surface area contributed by atoms with E-state index >= 15 is 0 Å². The quantitative estimate of drug-likeness (QED) is 0.0579. The van der Waals surface area contributed by atoms with Gasteiger partial charge in [-0.15, -0.1) is 0 Å². The molecule has 0 spiro atoms. The summed E-state index contributed by atoms with van der Waals surface area (Å²) in [5, 5.41) is 12.2. The molecule has 9 heteroatoms. The number of benzene rings is 1. The number of hydrogen-bond donors (Lipinski definition) is 1. The average molecular weight is 774 g/mol. The molecule has 1 fully saturated rings. The summed E-state index contributed by atoms with van der Waals surface area (Å²) in [5.74, 6) is 3.47. The van der Waals surface area contributed by atoms with Gasteiger partial charge in [0.05, 0.1) is 0 Å². The predicted molar refractivity (Wildman–Crippen MR) is 199 cm³/mol. The minimum absolute atomic E-state index is 0.0541. The Morgan fingerprint density at radius 2 is 1.75 bits per heavy atom. The fraction of sp³-hybridized carbons (Fsp3) is 0.714. The van der Waals surface area contributed by atoms with E-state index in [0.29, 0.717) is 32.5 Å². The molecule has 1 aliphatic heterocycles. The Morgan fingerprint density at radius 1 is 1.09 bits per heavy atom. The van der Waals surface area contributed by atoms with E-state index in [4.69, 9.17) is 18.9 Å². The summed E-state index contributed by atoms with van der Waals surface area (Å²) < 4.78 is 24.1. The third-order valence-corrected chi connectivity index (χ3v) is 20.0. The van der Waals surface area contributed by atoms with Gasteiger partial charge in [-0.3, -0.25) is 0 Å². The number of rotatable bonds is 21. The second-order valence-corrected chi connectivity index (χ2v) is 38.1. The van der Waals surface area contributed by atoms with Gasteiger partial charge >= 0.3 is 233 Å². The van der Waals surface area contributed by atoms with Gasteiger partial charge in [-0.2, -0.15) is 0 Å². The molecule has 0 amide bonds. The monoisotopic (exact) mass is 774 g/mol. The van der Waals surface area contributed by atoms with E-state index in [-0.39, 0.29) is 10.00 Å². The molecular formula is C35H62O5S2SiSn. The number of thioether (sulfide) groups is 2. The maximum absolute atomic E-state index is 12.2. The van der Waals surface area contributed by atoms with Crippen LogP contribution in [0.4, 0.5) is 0 Å². The fourth-order valence-corrected chi connectivity index (χ4v) is 13.6. The summed E-state index contributed by atoms with van der Waals surface area (Å²) in [5.41, 5.74) is 2.36. The topological polar surface area (TPSA) is 57.2 Å². The van der Waals surface area contributed by atoms with Crippen molar-refractivity contribution in [2.45, 2.75) is 96.8 Å². The molecule has 44 heavy (non-hydrogen) atoms. The zero-order valence-corrected chi connectivity index (χ0v) is 34.7. The normalized spacial score (nSPS) is 18.1. The molecule has 1 N–H and O–H groups in total. The number of ether oxygens (including phenoxy) is 4. The Bertz CT molecular complexity index is 1000. The molecule has 1 aliphatic rings. The molecule has 1 aromatic rings. The number of aliphatic hydroxyl groups is 1. The van der Waals surface area contributed by atoms with Crippen LogP contribution >= 0.6 is 23.5 Å². The van der Waals surface area contributed by atoms with Crippen molar-refractivity contribution in [3.63, 3.8) is 0 Å². The second-order valence-electron chi connectivity index (χ2n) is 14.7. The zero-order valence-electron chi connectivity index (χ0n) is 29.2. The second kappa shape index (κ2) is 19.8. The SMILES string of the molecule is C=[C]([C@@H](COCc1ccc(OC)cc1)[C@@H](O)C1(C[C@@H](C)CC/C=C(\C)COCOCC[Si](C)(C)C)SCCCS1)[Sn]([CH3])([CH3])[CH3]. The van der Waals surface area contributed by atoms with E-state index in [2.05, 4.69) is 61.0 Å². The third-order valence-electron chi connectivity index (χ3n) is 8.23. The van der Waals surface area contributed by atoms with Crippen molar-refractivity contribution in [2.75, 3.05) is 45.2 Å². The number of allylic oxidation sites excluding steroid dienone is 1. The number of methoxy groups -OCH3 is 1. The van der Waals surface area contributed by atoms with Crippen LogP contribution in [-0.2, 0) is 20.8 Å². The van der Waals surface area contributed by atoms with Crippen LogP contribution in [0.1, 0.15) is 45.1 Å². The molecule has 0 aliphatic carbocycles. The third kappa shape index (κ3) is 14.9. The summed E-state index contributed by atoms with van der Waals surface area (Å²) in [7, 11) is 0.620. The number of hydrogen-bond acceptors (Lipinski definition) is 7. The van der Waals surface area contributed by atoms with Crippen molar-refractivity contribution in [3.05, 3.63) is 51.6 Å². The molecule has 0 aromatic heterocycles. The van der Waals surface area contributed by atoms with E-state index in [0.717, 1.165) is 48.7 Å². The van der Waals surface area contributed by atoms with Crippen molar-refractivity contribution in [1.82, 2.24) is 0 Å². The molecule has 1 aromatic carbocycles. The minimum atomic E-state index is -2.54. The van der Waals surface area contributed by atoms with Gasteiger partial charge in [0.1, 0.15) is 6.79 Å². The van der Waals surface area contributed by atoms with Crippen LogP contribution in [0.5, 0.6) is 5.75 Å². The molecule has 0 bridgehead atoms. The van der Waals surface area contributed by atoms with Crippen LogP contribution in [0.2, 0.25) is 40.5 Å². The van der Waals surface area contributed by atoms with Crippen LogP contribution in [0, 0.1) is 11.8 Å². The summed E-state index contributed by atoms with van der Waals surface area (Å²) >= 11 is 1.41. The van der Waals surface area contributed by atoms with Crippen LogP contribution < -0.4 is 4.74 Å². The van der Waals surface area contributed by atoms with Gasteiger partial charge in [-0.1, -0.05) is 19.6 Å². The van der Waals surface area contributed by atoms with E-state index in [1.54, 1.807) is 7.11 Å². The van der Waals surface area contributed by atoms with Crippen molar-refractivity contribution < 1.29 is 24.1 Å². The summed E-state index contributed by atoms with van der Waals surface area (Å²) in [6.07, 6.45) is 6.12. The maximum atomic E-state index is 12.2. The van der Waals surface area contributed by atoms with Crippen molar-refractivity contribution in [2.24, 2.45) is 11.8 Å². The molecule has 2 rings (SSSR count). The van der Waals surface area contributed by atoms with Gasteiger partial charge in [0, 0.05) is 14.7 Å². The first-order valence-electron chi connectivity index (χ1n) is 16.3. The first-order chi connectivity index (χ1) is 20.7. The first kappa shape index (κ1) is 40.2.